The van der Waals surface area contributed by atoms with Crippen LogP contribution >= 0.6 is 0 Å². The van der Waals surface area contributed by atoms with Crippen LogP contribution in [0.1, 0.15) is 37.3 Å². The predicted octanol–water partition coefficient (Wildman–Crippen LogP) is 3.81. The first kappa shape index (κ1) is 23.1. The molecule has 0 aliphatic carbocycles. The summed E-state index contributed by atoms with van der Waals surface area (Å²) in [4.78, 5) is 4.09. The topological polar surface area (TPSA) is 54.9 Å². The van der Waals surface area contributed by atoms with E-state index in [1.807, 2.05) is 32.0 Å². The molecule has 0 bridgehead atoms. The minimum absolute atomic E-state index is 0.100. The molecule has 2 N–H and O–H groups in total. The number of benzene rings is 1. The van der Waals surface area contributed by atoms with Gasteiger partial charge in [0.2, 0.25) is 0 Å². The second kappa shape index (κ2) is 12.4. The number of aliphatic imine (C=N–C) groups is 1. The van der Waals surface area contributed by atoms with Gasteiger partial charge in [-0.15, -0.1) is 0 Å². The molecule has 0 spiro atoms. The maximum Gasteiger partial charge on any atom is 0.389 e. The quantitative estimate of drug-likeness (QED) is 0.343. The third-order valence-corrected chi connectivity index (χ3v) is 3.76. The van der Waals surface area contributed by atoms with Crippen molar-refractivity contribution < 1.29 is 22.6 Å². The van der Waals surface area contributed by atoms with E-state index in [9.17, 15) is 13.2 Å². The van der Waals surface area contributed by atoms with E-state index in [1.54, 1.807) is 7.05 Å². The number of rotatable bonds is 11. The molecule has 5 nitrogen and oxygen atoms in total. The Morgan fingerprint density at radius 1 is 1.15 bits per heavy atom. The average molecular weight is 389 g/mol. The number of nitrogens with zero attached hydrogens (tertiary/aromatic N) is 1. The molecular formula is C19H30F3N3O2. The first-order valence-electron chi connectivity index (χ1n) is 9.17. The Morgan fingerprint density at radius 3 is 2.59 bits per heavy atom. The van der Waals surface area contributed by atoms with Crippen LogP contribution in [0.2, 0.25) is 0 Å². The van der Waals surface area contributed by atoms with Crippen LogP contribution in [0.4, 0.5) is 13.2 Å². The number of unbranched alkanes of at least 4 members (excludes halogenated alkanes) is 1. The largest absolute Gasteiger partial charge is 0.491 e. The number of alkyl halides is 3. The number of hydrogen-bond donors (Lipinski definition) is 2. The zero-order chi connectivity index (χ0) is 20.1. The number of nitrogens with one attached hydrogen (secondary N) is 2. The number of aryl methyl sites for hydroxylation is 1. The third-order valence-electron chi connectivity index (χ3n) is 3.76. The van der Waals surface area contributed by atoms with E-state index in [1.165, 1.54) is 0 Å². The molecule has 0 saturated carbocycles. The molecule has 27 heavy (non-hydrogen) atoms. The lowest BCUT2D eigenvalue weighted by Gasteiger charge is -2.15. The van der Waals surface area contributed by atoms with Crippen molar-refractivity contribution in [2.75, 3.05) is 33.4 Å². The highest BCUT2D eigenvalue weighted by Gasteiger charge is 2.25. The summed E-state index contributed by atoms with van der Waals surface area (Å²) in [6.07, 6.45) is -4.32. The molecule has 0 amide bonds. The molecule has 0 aliphatic rings. The molecule has 0 atom stereocenters. The van der Waals surface area contributed by atoms with E-state index in [-0.39, 0.29) is 6.42 Å². The summed E-state index contributed by atoms with van der Waals surface area (Å²) in [7, 11) is 1.62. The molecule has 1 aromatic carbocycles. The van der Waals surface area contributed by atoms with Gasteiger partial charge in [0.15, 0.2) is 5.96 Å². The van der Waals surface area contributed by atoms with Crippen LogP contribution < -0.4 is 15.4 Å². The molecule has 0 heterocycles. The molecule has 0 aromatic heterocycles. The van der Waals surface area contributed by atoms with Gasteiger partial charge in [-0.25, -0.2) is 0 Å². The van der Waals surface area contributed by atoms with Crippen molar-refractivity contribution in [3.63, 3.8) is 0 Å². The number of halogens is 3. The van der Waals surface area contributed by atoms with E-state index in [0.29, 0.717) is 45.3 Å². The summed E-state index contributed by atoms with van der Waals surface area (Å²) in [5.41, 5.74) is 2.06. The van der Waals surface area contributed by atoms with Crippen LogP contribution in [-0.4, -0.2) is 45.5 Å². The van der Waals surface area contributed by atoms with Gasteiger partial charge < -0.3 is 20.1 Å². The van der Waals surface area contributed by atoms with Crippen LogP contribution in [-0.2, 0) is 11.3 Å². The fraction of sp³-hybridized carbons (Fsp3) is 0.632. The number of guanidine groups is 1. The summed E-state index contributed by atoms with van der Waals surface area (Å²) in [5, 5.41) is 6.19. The zero-order valence-electron chi connectivity index (χ0n) is 16.3. The number of ether oxygens (including phenoxy) is 2. The van der Waals surface area contributed by atoms with Crippen molar-refractivity contribution in [1.82, 2.24) is 10.6 Å². The molecule has 1 aromatic rings. The van der Waals surface area contributed by atoms with Crippen LogP contribution in [0.15, 0.2) is 23.2 Å². The van der Waals surface area contributed by atoms with Crippen LogP contribution in [0.5, 0.6) is 5.75 Å². The van der Waals surface area contributed by atoms with Crippen molar-refractivity contribution in [2.24, 2.45) is 4.99 Å². The van der Waals surface area contributed by atoms with Gasteiger partial charge in [0.25, 0.3) is 0 Å². The fourth-order valence-electron chi connectivity index (χ4n) is 2.35. The van der Waals surface area contributed by atoms with Gasteiger partial charge in [0.1, 0.15) is 12.4 Å². The molecule has 0 aliphatic heterocycles. The number of hydrogen-bond acceptors (Lipinski definition) is 3. The maximum atomic E-state index is 12.1. The standard InChI is InChI=1S/C19H30F3N3O2/c1-4-26-11-12-27-17-13-15(2)7-8-16(17)14-25-18(23-3)24-10-6-5-9-19(20,21)22/h7-8,13H,4-6,9-12,14H2,1-3H3,(H2,23,24,25). The zero-order valence-corrected chi connectivity index (χ0v) is 16.3. The molecule has 0 saturated heterocycles. The van der Waals surface area contributed by atoms with E-state index < -0.39 is 12.6 Å². The van der Waals surface area contributed by atoms with Crippen LogP contribution in [0.25, 0.3) is 0 Å². The lowest BCUT2D eigenvalue weighted by molar-refractivity contribution is -0.135. The minimum Gasteiger partial charge on any atom is -0.491 e. The molecule has 154 valence electrons. The van der Waals surface area contributed by atoms with Gasteiger partial charge in [0.05, 0.1) is 6.61 Å². The predicted molar refractivity (Wildman–Crippen MR) is 101 cm³/mol. The van der Waals surface area contributed by atoms with Crippen LogP contribution in [0.3, 0.4) is 0 Å². The summed E-state index contributed by atoms with van der Waals surface area (Å²) in [6, 6.07) is 5.95. The molecule has 8 heteroatoms. The Bertz CT molecular complexity index is 578. The Hall–Kier alpha value is -1.96. The molecule has 0 unspecified atom stereocenters. The van der Waals surface area contributed by atoms with Crippen molar-refractivity contribution in [3.05, 3.63) is 29.3 Å². The highest BCUT2D eigenvalue weighted by atomic mass is 19.4. The molecular weight excluding hydrogens is 359 g/mol. The summed E-state index contributed by atoms with van der Waals surface area (Å²) < 4.78 is 47.5. The van der Waals surface area contributed by atoms with Gasteiger partial charge in [-0.2, -0.15) is 13.2 Å². The summed E-state index contributed by atoms with van der Waals surface area (Å²) in [5.74, 6) is 1.32. The molecule has 0 radical (unpaired) electrons. The fourth-order valence-corrected chi connectivity index (χ4v) is 2.35. The average Bonchev–Trinajstić information content (AvgIpc) is 2.61. The van der Waals surface area contributed by atoms with Gasteiger partial charge in [-0.3, -0.25) is 4.99 Å². The van der Waals surface area contributed by atoms with E-state index in [2.05, 4.69) is 15.6 Å². The van der Waals surface area contributed by atoms with Crippen molar-refractivity contribution in [3.8, 4) is 5.75 Å². The highest BCUT2D eigenvalue weighted by molar-refractivity contribution is 5.79. The SMILES string of the molecule is CCOCCOc1cc(C)ccc1CNC(=NC)NCCCCC(F)(F)F. The monoisotopic (exact) mass is 389 g/mol. The van der Waals surface area contributed by atoms with Gasteiger partial charge in [-0.1, -0.05) is 12.1 Å². The Morgan fingerprint density at radius 2 is 1.93 bits per heavy atom. The van der Waals surface area contributed by atoms with E-state index in [4.69, 9.17) is 9.47 Å². The Kier molecular flexibility index (Phi) is 10.6. The smallest absolute Gasteiger partial charge is 0.389 e. The maximum absolute atomic E-state index is 12.1. The first-order valence-corrected chi connectivity index (χ1v) is 9.17. The van der Waals surface area contributed by atoms with Gasteiger partial charge in [-0.05, 0) is 38.3 Å². The lowest BCUT2D eigenvalue weighted by Crippen LogP contribution is -2.37. The summed E-state index contributed by atoms with van der Waals surface area (Å²) >= 11 is 0. The van der Waals surface area contributed by atoms with Crippen molar-refractivity contribution in [1.29, 1.82) is 0 Å². The minimum atomic E-state index is -4.09. The first-order chi connectivity index (χ1) is 12.9. The van der Waals surface area contributed by atoms with Crippen molar-refractivity contribution >= 4 is 5.96 Å². The van der Waals surface area contributed by atoms with Gasteiger partial charge >= 0.3 is 6.18 Å². The summed E-state index contributed by atoms with van der Waals surface area (Å²) in [6.45, 7) is 6.50. The second-order valence-corrected chi connectivity index (χ2v) is 6.08. The van der Waals surface area contributed by atoms with Gasteiger partial charge in [0, 0.05) is 38.7 Å². The normalized spacial score (nSPS) is 12.1. The lowest BCUT2D eigenvalue weighted by atomic mass is 10.1. The molecule has 1 rings (SSSR count). The molecule has 0 fully saturated rings. The third kappa shape index (κ3) is 10.7. The van der Waals surface area contributed by atoms with E-state index in [0.717, 1.165) is 16.9 Å². The Labute approximate surface area is 159 Å². The van der Waals surface area contributed by atoms with E-state index >= 15 is 0 Å². The highest BCUT2D eigenvalue weighted by Crippen LogP contribution is 2.22. The van der Waals surface area contributed by atoms with Crippen molar-refractivity contribution in [2.45, 2.75) is 45.8 Å². The second-order valence-electron chi connectivity index (χ2n) is 6.08. The Balaban J connectivity index is 2.45. The van der Waals surface area contributed by atoms with Crippen LogP contribution in [0, 0.1) is 6.92 Å².